The molecule has 0 aliphatic heterocycles. The van der Waals surface area contributed by atoms with E-state index in [1.807, 2.05) is 24.3 Å². The van der Waals surface area contributed by atoms with Gasteiger partial charge in [0.05, 0.1) is 25.6 Å². The molecule has 0 aliphatic rings. The van der Waals surface area contributed by atoms with E-state index in [0.29, 0.717) is 0 Å². The molecule has 0 unspecified atom stereocenters. The van der Waals surface area contributed by atoms with Gasteiger partial charge in [-0.25, -0.2) is 0 Å². The van der Waals surface area contributed by atoms with Crippen LogP contribution in [-0.4, -0.2) is 24.2 Å². The number of rotatable bonds is 3. The molecule has 0 spiro atoms. The number of hydrogen-bond acceptors (Lipinski definition) is 2. The number of nitrogens with one attached hydrogen (secondary N) is 2. The Kier molecular flexibility index (Phi) is 2.82. The molecule has 0 saturated heterocycles. The van der Waals surface area contributed by atoms with Crippen LogP contribution in [0.15, 0.2) is 48.5 Å². The van der Waals surface area contributed by atoms with Gasteiger partial charge < -0.3 is 19.4 Å². The highest BCUT2D eigenvalue weighted by molar-refractivity contribution is 5.91. The van der Waals surface area contributed by atoms with Crippen molar-refractivity contribution in [3.8, 4) is 22.9 Å². The molecule has 0 saturated carbocycles. The van der Waals surface area contributed by atoms with Crippen LogP contribution in [-0.2, 0) is 0 Å². The minimum absolute atomic E-state index is 0.722. The second kappa shape index (κ2) is 4.84. The second-order valence-electron chi connectivity index (χ2n) is 5.25. The van der Waals surface area contributed by atoms with Crippen LogP contribution in [0.5, 0.6) is 11.5 Å². The summed E-state index contributed by atoms with van der Waals surface area (Å²) in [6, 6.07) is 16.5. The summed E-state index contributed by atoms with van der Waals surface area (Å²) in [5.74, 6) is 1.46. The fraction of sp³-hybridized carbons (Fsp3) is 0.111. The van der Waals surface area contributed by atoms with Crippen LogP contribution >= 0.6 is 0 Å². The van der Waals surface area contributed by atoms with Crippen molar-refractivity contribution in [2.24, 2.45) is 0 Å². The lowest BCUT2D eigenvalue weighted by Gasteiger charge is -2.06. The number of H-pyrrole nitrogens is 2. The van der Waals surface area contributed by atoms with Crippen molar-refractivity contribution >= 4 is 21.8 Å². The normalized spacial score (nSPS) is 11.2. The molecule has 0 radical (unpaired) electrons. The Balaban J connectivity index is 1.88. The van der Waals surface area contributed by atoms with E-state index < -0.39 is 0 Å². The molecule has 0 atom stereocenters. The smallest absolute Gasteiger partial charge is 0.162 e. The van der Waals surface area contributed by atoms with E-state index in [4.69, 9.17) is 9.47 Å². The van der Waals surface area contributed by atoms with Crippen LogP contribution < -0.4 is 9.47 Å². The van der Waals surface area contributed by atoms with Crippen molar-refractivity contribution in [1.29, 1.82) is 0 Å². The van der Waals surface area contributed by atoms with E-state index in [-0.39, 0.29) is 0 Å². The fourth-order valence-corrected chi connectivity index (χ4v) is 2.82. The third kappa shape index (κ3) is 1.92. The zero-order valence-electron chi connectivity index (χ0n) is 12.4. The molecular formula is C18H16N2O2. The number of ether oxygens (including phenoxy) is 2. The van der Waals surface area contributed by atoms with Crippen LogP contribution in [0, 0.1) is 0 Å². The number of aromatic nitrogens is 2. The average Bonchev–Trinajstić information content (AvgIpc) is 3.16. The first-order chi connectivity index (χ1) is 10.8. The Hall–Kier alpha value is -2.88. The van der Waals surface area contributed by atoms with Crippen LogP contribution in [0.3, 0.4) is 0 Å². The molecule has 22 heavy (non-hydrogen) atoms. The number of benzene rings is 2. The van der Waals surface area contributed by atoms with Gasteiger partial charge in [0.25, 0.3) is 0 Å². The first-order valence-corrected chi connectivity index (χ1v) is 7.11. The Labute approximate surface area is 127 Å². The average molecular weight is 292 g/mol. The van der Waals surface area contributed by atoms with Crippen molar-refractivity contribution in [2.45, 2.75) is 0 Å². The monoisotopic (exact) mass is 292 g/mol. The van der Waals surface area contributed by atoms with Gasteiger partial charge in [-0.2, -0.15) is 0 Å². The standard InChI is InChI=1S/C18H16N2O2/c1-21-17-9-12-8-16(20-14(12)10-18(17)22-2)15-7-11-5-3-4-6-13(11)19-15/h3-10,19-20H,1-2H3. The van der Waals surface area contributed by atoms with Gasteiger partial charge in [-0.15, -0.1) is 0 Å². The highest BCUT2D eigenvalue weighted by Gasteiger charge is 2.11. The third-order valence-electron chi connectivity index (χ3n) is 3.95. The van der Waals surface area contributed by atoms with Gasteiger partial charge in [0.1, 0.15) is 0 Å². The predicted octanol–water partition coefficient (Wildman–Crippen LogP) is 4.33. The zero-order chi connectivity index (χ0) is 15.1. The zero-order valence-corrected chi connectivity index (χ0v) is 12.4. The molecule has 0 aliphatic carbocycles. The van der Waals surface area contributed by atoms with Gasteiger partial charge in [0.2, 0.25) is 0 Å². The Bertz CT molecular complexity index is 892. The summed E-state index contributed by atoms with van der Waals surface area (Å²) in [6.07, 6.45) is 0. The quantitative estimate of drug-likeness (QED) is 0.590. The van der Waals surface area contributed by atoms with E-state index in [2.05, 4.69) is 34.2 Å². The first-order valence-electron chi connectivity index (χ1n) is 7.11. The molecule has 4 heteroatoms. The maximum Gasteiger partial charge on any atom is 0.162 e. The van der Waals surface area contributed by atoms with E-state index in [1.54, 1.807) is 14.2 Å². The summed E-state index contributed by atoms with van der Waals surface area (Å²) in [5, 5.41) is 2.29. The minimum atomic E-state index is 0.722. The van der Waals surface area contributed by atoms with E-state index >= 15 is 0 Å². The topological polar surface area (TPSA) is 50.0 Å². The summed E-state index contributed by atoms with van der Waals surface area (Å²) in [7, 11) is 3.29. The maximum atomic E-state index is 5.36. The molecule has 2 aromatic carbocycles. The number of fused-ring (bicyclic) bond motifs is 2. The Morgan fingerprint density at radius 3 is 2.05 bits per heavy atom. The van der Waals surface area contributed by atoms with Crippen LogP contribution in [0.2, 0.25) is 0 Å². The molecule has 2 aromatic heterocycles. The van der Waals surface area contributed by atoms with Crippen molar-refractivity contribution < 1.29 is 9.47 Å². The van der Waals surface area contributed by atoms with Crippen molar-refractivity contribution in [1.82, 2.24) is 9.97 Å². The number of hydrogen-bond donors (Lipinski definition) is 2. The fourth-order valence-electron chi connectivity index (χ4n) is 2.82. The molecule has 0 amide bonds. The molecule has 4 nitrogen and oxygen atoms in total. The molecule has 0 fully saturated rings. The lowest BCUT2D eigenvalue weighted by molar-refractivity contribution is 0.356. The summed E-state index contributed by atoms with van der Waals surface area (Å²) in [6.45, 7) is 0. The van der Waals surface area contributed by atoms with Gasteiger partial charge in [0, 0.05) is 27.9 Å². The maximum absolute atomic E-state index is 5.36. The Morgan fingerprint density at radius 2 is 1.32 bits per heavy atom. The summed E-state index contributed by atoms with van der Waals surface area (Å²) >= 11 is 0. The first kappa shape index (κ1) is 12.8. The van der Waals surface area contributed by atoms with Gasteiger partial charge >= 0.3 is 0 Å². The highest BCUT2D eigenvalue weighted by Crippen LogP contribution is 2.34. The molecule has 4 aromatic rings. The number of para-hydroxylation sites is 1. The second-order valence-corrected chi connectivity index (χ2v) is 5.25. The van der Waals surface area contributed by atoms with Gasteiger partial charge in [0.15, 0.2) is 11.5 Å². The minimum Gasteiger partial charge on any atom is -0.493 e. The lowest BCUT2D eigenvalue weighted by atomic mass is 10.2. The van der Waals surface area contributed by atoms with E-state index in [9.17, 15) is 0 Å². The highest BCUT2D eigenvalue weighted by atomic mass is 16.5. The van der Waals surface area contributed by atoms with Crippen molar-refractivity contribution in [2.75, 3.05) is 14.2 Å². The third-order valence-corrected chi connectivity index (χ3v) is 3.95. The van der Waals surface area contributed by atoms with Crippen LogP contribution in [0.25, 0.3) is 33.2 Å². The number of methoxy groups -OCH3 is 2. The van der Waals surface area contributed by atoms with Gasteiger partial charge in [-0.3, -0.25) is 0 Å². The summed E-state index contributed by atoms with van der Waals surface area (Å²) in [4.78, 5) is 6.87. The molecule has 4 rings (SSSR count). The largest absolute Gasteiger partial charge is 0.493 e. The van der Waals surface area contributed by atoms with Crippen LogP contribution in [0.4, 0.5) is 0 Å². The molecule has 110 valence electrons. The molecule has 2 N–H and O–H groups in total. The molecule has 0 bridgehead atoms. The SMILES string of the molecule is COc1cc2cc(-c3cc4ccccc4[nH]3)[nH]c2cc1OC. The Morgan fingerprint density at radius 1 is 0.682 bits per heavy atom. The van der Waals surface area contributed by atoms with Crippen molar-refractivity contribution in [3.63, 3.8) is 0 Å². The molecule has 2 heterocycles. The number of aromatic amines is 2. The lowest BCUT2D eigenvalue weighted by Crippen LogP contribution is -1.89. The van der Waals surface area contributed by atoms with Crippen molar-refractivity contribution in [3.05, 3.63) is 48.5 Å². The van der Waals surface area contributed by atoms with Gasteiger partial charge in [-0.1, -0.05) is 18.2 Å². The van der Waals surface area contributed by atoms with Crippen LogP contribution in [0.1, 0.15) is 0 Å². The molecular weight excluding hydrogens is 276 g/mol. The summed E-state index contributed by atoms with van der Waals surface area (Å²) in [5.41, 5.74) is 4.26. The summed E-state index contributed by atoms with van der Waals surface area (Å²) < 4.78 is 10.7. The van der Waals surface area contributed by atoms with E-state index in [0.717, 1.165) is 39.3 Å². The predicted molar refractivity (Wildman–Crippen MR) is 88.7 cm³/mol. The van der Waals surface area contributed by atoms with Gasteiger partial charge in [-0.05, 0) is 24.3 Å². The van der Waals surface area contributed by atoms with E-state index in [1.165, 1.54) is 5.39 Å².